The Labute approximate surface area is 111 Å². The summed E-state index contributed by atoms with van der Waals surface area (Å²) >= 11 is 4.47. The Hall–Kier alpha value is -0.630. The van der Waals surface area contributed by atoms with Crippen LogP contribution in [0.15, 0.2) is 24.3 Å². The van der Waals surface area contributed by atoms with Crippen molar-refractivity contribution in [1.82, 2.24) is 0 Å². The summed E-state index contributed by atoms with van der Waals surface area (Å²) in [4.78, 5) is 2.58. The summed E-state index contributed by atoms with van der Waals surface area (Å²) in [6.07, 6.45) is 5.11. The van der Waals surface area contributed by atoms with E-state index in [1.165, 1.54) is 43.5 Å². The Morgan fingerprint density at radius 1 is 1.29 bits per heavy atom. The van der Waals surface area contributed by atoms with Crippen LogP contribution in [0.4, 0.5) is 5.69 Å². The zero-order chi connectivity index (χ0) is 12.1. The number of hydrogen-bond acceptors (Lipinski definition) is 2. The van der Waals surface area contributed by atoms with E-state index in [0.29, 0.717) is 5.92 Å². The van der Waals surface area contributed by atoms with Gasteiger partial charge >= 0.3 is 0 Å². The Balaban J connectivity index is 2.16. The van der Waals surface area contributed by atoms with Crippen LogP contribution in [-0.4, -0.2) is 18.8 Å². The van der Waals surface area contributed by atoms with Crippen molar-refractivity contribution in [2.75, 3.05) is 23.7 Å². The fourth-order valence-electron chi connectivity index (χ4n) is 2.59. The van der Waals surface area contributed by atoms with Crippen LogP contribution in [0.3, 0.4) is 0 Å². The lowest BCUT2D eigenvalue weighted by Gasteiger charge is -2.28. The van der Waals surface area contributed by atoms with Gasteiger partial charge in [0.2, 0.25) is 0 Å². The predicted octanol–water partition coefficient (Wildman–Crippen LogP) is 3.79. The van der Waals surface area contributed by atoms with E-state index >= 15 is 0 Å². The van der Waals surface area contributed by atoms with E-state index in [1.54, 1.807) is 0 Å². The van der Waals surface area contributed by atoms with Crippen LogP contribution in [0.1, 0.15) is 31.7 Å². The van der Waals surface area contributed by atoms with Gasteiger partial charge in [-0.05, 0) is 42.6 Å². The highest BCUT2D eigenvalue weighted by atomic mass is 32.1. The smallest absolute Gasteiger partial charge is 0.0398 e. The van der Waals surface area contributed by atoms with Gasteiger partial charge < -0.3 is 4.90 Å². The van der Waals surface area contributed by atoms with Gasteiger partial charge in [-0.1, -0.05) is 31.5 Å². The predicted molar refractivity (Wildman–Crippen MR) is 79.2 cm³/mol. The van der Waals surface area contributed by atoms with E-state index in [1.807, 2.05) is 0 Å². The van der Waals surface area contributed by atoms with Gasteiger partial charge in [0, 0.05) is 18.8 Å². The van der Waals surface area contributed by atoms with Crippen LogP contribution in [0.5, 0.6) is 0 Å². The molecule has 0 saturated heterocycles. The molecule has 0 fully saturated rings. The first kappa shape index (κ1) is 12.8. The third-order valence-corrected chi connectivity index (χ3v) is 4.29. The van der Waals surface area contributed by atoms with E-state index in [4.69, 9.17) is 0 Å². The molecule has 0 bridgehead atoms. The average Bonchev–Trinajstić information content (AvgIpc) is 2.58. The molecule has 17 heavy (non-hydrogen) atoms. The molecule has 1 aromatic carbocycles. The van der Waals surface area contributed by atoms with E-state index in [-0.39, 0.29) is 0 Å². The van der Waals surface area contributed by atoms with Gasteiger partial charge in [0.15, 0.2) is 0 Å². The average molecular weight is 249 g/mol. The summed E-state index contributed by atoms with van der Waals surface area (Å²) in [5.41, 5.74) is 2.99. The molecule has 0 aromatic heterocycles. The summed E-state index contributed by atoms with van der Waals surface area (Å²) in [7, 11) is 0. The molecule has 0 radical (unpaired) electrons. The van der Waals surface area contributed by atoms with Gasteiger partial charge in [-0.3, -0.25) is 0 Å². The minimum absolute atomic E-state index is 0.712. The molecule has 94 valence electrons. The first-order valence-corrected chi connectivity index (χ1v) is 7.42. The number of benzene rings is 1. The zero-order valence-electron chi connectivity index (χ0n) is 10.7. The number of nitrogens with zero attached hydrogens (tertiary/aromatic N) is 1. The second-order valence-electron chi connectivity index (χ2n) is 4.99. The minimum Gasteiger partial charge on any atom is -0.371 e. The molecular formula is C15H23NS. The summed E-state index contributed by atoms with van der Waals surface area (Å²) in [5.74, 6) is 1.71. The Morgan fingerprint density at radius 2 is 2.12 bits per heavy atom. The quantitative estimate of drug-likeness (QED) is 0.795. The molecule has 0 saturated carbocycles. The normalized spacial score (nSPS) is 17.4. The lowest BCUT2D eigenvalue weighted by Crippen LogP contribution is -2.30. The van der Waals surface area contributed by atoms with Crippen molar-refractivity contribution in [1.29, 1.82) is 0 Å². The minimum atomic E-state index is 0.712. The largest absolute Gasteiger partial charge is 0.371 e. The van der Waals surface area contributed by atoms with Crippen molar-refractivity contribution in [3.05, 3.63) is 29.8 Å². The van der Waals surface area contributed by atoms with Gasteiger partial charge in [0.05, 0.1) is 0 Å². The van der Waals surface area contributed by atoms with E-state index in [2.05, 4.69) is 48.7 Å². The van der Waals surface area contributed by atoms with Crippen molar-refractivity contribution < 1.29 is 0 Å². The maximum absolute atomic E-state index is 4.47. The third-order valence-electron chi connectivity index (χ3n) is 3.77. The van der Waals surface area contributed by atoms with Crippen molar-refractivity contribution in [3.8, 4) is 0 Å². The lowest BCUT2D eigenvalue weighted by molar-refractivity contribution is 0.548. The molecule has 2 rings (SSSR count). The highest BCUT2D eigenvalue weighted by molar-refractivity contribution is 7.80. The van der Waals surface area contributed by atoms with Crippen LogP contribution in [-0.2, 0) is 6.42 Å². The number of hydrogen-bond donors (Lipinski definition) is 1. The maximum atomic E-state index is 4.47. The Morgan fingerprint density at radius 3 is 2.88 bits per heavy atom. The monoisotopic (exact) mass is 249 g/mol. The van der Waals surface area contributed by atoms with Crippen LogP contribution in [0, 0.1) is 5.92 Å². The number of anilines is 1. The van der Waals surface area contributed by atoms with Crippen molar-refractivity contribution in [2.45, 2.75) is 32.6 Å². The topological polar surface area (TPSA) is 3.24 Å². The molecule has 0 N–H and O–H groups in total. The van der Waals surface area contributed by atoms with Crippen molar-refractivity contribution in [3.63, 3.8) is 0 Å². The molecule has 0 spiro atoms. The van der Waals surface area contributed by atoms with Crippen LogP contribution < -0.4 is 4.90 Å². The molecule has 1 aromatic rings. The second kappa shape index (κ2) is 6.34. The maximum Gasteiger partial charge on any atom is 0.0398 e. The molecule has 1 unspecified atom stereocenters. The van der Waals surface area contributed by atoms with Gasteiger partial charge in [0.1, 0.15) is 0 Å². The second-order valence-corrected chi connectivity index (χ2v) is 5.35. The highest BCUT2D eigenvalue weighted by Crippen LogP contribution is 2.27. The summed E-state index contributed by atoms with van der Waals surface area (Å²) in [5, 5.41) is 0. The standard InChI is InChI=1S/C15H23NS/c1-2-13(12-17)11-16-10-6-5-8-14-7-3-4-9-15(14)16/h3-4,7,9,13,17H,2,5-6,8,10-12H2,1H3. The molecule has 0 amide bonds. The van der Waals surface area contributed by atoms with E-state index in [9.17, 15) is 0 Å². The molecule has 2 heteroatoms. The van der Waals surface area contributed by atoms with Crippen LogP contribution in [0.25, 0.3) is 0 Å². The molecule has 1 aliphatic rings. The number of thiol groups is 1. The van der Waals surface area contributed by atoms with Crippen LogP contribution >= 0.6 is 12.6 Å². The Kier molecular flexibility index (Phi) is 4.78. The van der Waals surface area contributed by atoms with Gasteiger partial charge in [-0.25, -0.2) is 0 Å². The SMILES string of the molecule is CCC(CS)CN1CCCCc2ccccc21. The van der Waals surface area contributed by atoms with Crippen LogP contribution in [0.2, 0.25) is 0 Å². The number of para-hydroxylation sites is 1. The summed E-state index contributed by atoms with van der Waals surface area (Å²) < 4.78 is 0. The van der Waals surface area contributed by atoms with Crippen molar-refractivity contribution in [2.24, 2.45) is 5.92 Å². The van der Waals surface area contributed by atoms with Gasteiger partial charge in [-0.2, -0.15) is 12.6 Å². The number of fused-ring (bicyclic) bond motifs is 1. The molecular weight excluding hydrogens is 226 g/mol. The summed E-state index contributed by atoms with van der Waals surface area (Å²) in [6.45, 7) is 4.64. The van der Waals surface area contributed by atoms with E-state index in [0.717, 1.165) is 12.3 Å². The van der Waals surface area contributed by atoms with Gasteiger partial charge in [-0.15, -0.1) is 0 Å². The first-order valence-electron chi connectivity index (χ1n) is 6.79. The number of aryl methyl sites for hydroxylation is 1. The highest BCUT2D eigenvalue weighted by Gasteiger charge is 2.17. The number of rotatable bonds is 4. The van der Waals surface area contributed by atoms with Crippen molar-refractivity contribution >= 4 is 18.3 Å². The fraction of sp³-hybridized carbons (Fsp3) is 0.600. The first-order chi connectivity index (χ1) is 8.35. The molecule has 1 nitrogen and oxygen atoms in total. The molecule has 1 atom stereocenters. The molecule has 1 heterocycles. The lowest BCUT2D eigenvalue weighted by atomic mass is 10.1. The molecule has 0 aliphatic carbocycles. The molecule has 1 aliphatic heterocycles. The van der Waals surface area contributed by atoms with Gasteiger partial charge in [0.25, 0.3) is 0 Å². The van der Waals surface area contributed by atoms with E-state index < -0.39 is 0 Å². The Bertz CT molecular complexity index is 347. The third kappa shape index (κ3) is 3.19. The fourth-order valence-corrected chi connectivity index (χ4v) is 2.96. The summed E-state index contributed by atoms with van der Waals surface area (Å²) in [6, 6.07) is 8.90. The zero-order valence-corrected chi connectivity index (χ0v) is 11.6.